The number of nitrogens with one attached hydrogen (secondary N) is 3. The van der Waals surface area contributed by atoms with E-state index in [9.17, 15) is 4.79 Å². The van der Waals surface area contributed by atoms with Crippen LogP contribution in [0.3, 0.4) is 0 Å². The molecular formula is C18H20ClN5O3S. The lowest BCUT2D eigenvalue weighted by atomic mass is 10.1. The molecule has 0 aliphatic carbocycles. The second kappa shape index (κ2) is 8.59. The number of fused-ring (bicyclic) bond motifs is 1. The lowest BCUT2D eigenvalue weighted by molar-refractivity contribution is 0.102. The van der Waals surface area contributed by atoms with Gasteiger partial charge in [-0.25, -0.2) is 4.98 Å². The van der Waals surface area contributed by atoms with Gasteiger partial charge in [-0.2, -0.15) is 5.10 Å². The van der Waals surface area contributed by atoms with Gasteiger partial charge in [0.05, 0.1) is 19.9 Å². The Kier molecular flexibility index (Phi) is 6.18. The second-order valence-electron chi connectivity index (χ2n) is 6.01. The van der Waals surface area contributed by atoms with Gasteiger partial charge >= 0.3 is 0 Å². The maximum atomic E-state index is 12.6. The van der Waals surface area contributed by atoms with Crippen LogP contribution in [0.5, 0.6) is 11.5 Å². The van der Waals surface area contributed by atoms with E-state index in [2.05, 4.69) is 25.8 Å². The van der Waals surface area contributed by atoms with Crippen molar-refractivity contribution in [1.82, 2.24) is 20.5 Å². The van der Waals surface area contributed by atoms with E-state index in [1.165, 1.54) is 11.3 Å². The fourth-order valence-electron chi connectivity index (χ4n) is 3.04. The van der Waals surface area contributed by atoms with Crippen molar-refractivity contribution in [3.8, 4) is 22.8 Å². The van der Waals surface area contributed by atoms with Crippen LogP contribution < -0.4 is 20.1 Å². The summed E-state index contributed by atoms with van der Waals surface area (Å²) < 4.78 is 10.7. The van der Waals surface area contributed by atoms with Gasteiger partial charge < -0.3 is 14.8 Å². The Balaban J connectivity index is 0.00000225. The van der Waals surface area contributed by atoms with Crippen molar-refractivity contribution < 1.29 is 14.3 Å². The Morgan fingerprint density at radius 1 is 1.29 bits per heavy atom. The molecule has 1 aromatic carbocycles. The third kappa shape index (κ3) is 3.82. The first-order chi connectivity index (χ1) is 13.2. The van der Waals surface area contributed by atoms with Gasteiger partial charge in [0.2, 0.25) is 0 Å². The average Bonchev–Trinajstić information content (AvgIpc) is 3.34. The first kappa shape index (κ1) is 20.1. The van der Waals surface area contributed by atoms with E-state index >= 15 is 0 Å². The highest BCUT2D eigenvalue weighted by Gasteiger charge is 2.22. The van der Waals surface area contributed by atoms with E-state index < -0.39 is 0 Å². The van der Waals surface area contributed by atoms with Crippen molar-refractivity contribution in [1.29, 1.82) is 0 Å². The molecular weight excluding hydrogens is 402 g/mol. The van der Waals surface area contributed by atoms with Crippen LogP contribution in [-0.2, 0) is 13.0 Å². The molecule has 10 heteroatoms. The number of thiazole rings is 1. The van der Waals surface area contributed by atoms with Crippen LogP contribution in [0, 0.1) is 0 Å². The van der Waals surface area contributed by atoms with Crippen molar-refractivity contribution in [3.63, 3.8) is 0 Å². The van der Waals surface area contributed by atoms with Crippen molar-refractivity contribution >= 4 is 34.8 Å². The lowest BCUT2D eigenvalue weighted by Gasteiger charge is -2.12. The number of carbonyl (C=O) groups excluding carboxylic acids is 1. The molecule has 3 N–H and O–H groups in total. The highest BCUT2D eigenvalue weighted by atomic mass is 35.5. The Morgan fingerprint density at radius 3 is 2.93 bits per heavy atom. The Hall–Kier alpha value is -2.62. The molecule has 0 atom stereocenters. The summed E-state index contributed by atoms with van der Waals surface area (Å²) in [5, 5.41) is 15.6. The van der Waals surface area contributed by atoms with Gasteiger partial charge in [0.25, 0.3) is 5.91 Å². The van der Waals surface area contributed by atoms with E-state index in [1.54, 1.807) is 14.2 Å². The number of methoxy groups -OCH3 is 2. The number of rotatable bonds is 5. The number of H-pyrrole nitrogens is 1. The lowest BCUT2D eigenvalue weighted by Crippen LogP contribution is -2.25. The van der Waals surface area contributed by atoms with Gasteiger partial charge in [-0.15, -0.1) is 23.7 Å². The second-order valence-corrected chi connectivity index (χ2v) is 6.87. The Bertz CT molecular complexity index is 988. The molecule has 0 saturated heterocycles. The summed E-state index contributed by atoms with van der Waals surface area (Å²) in [6, 6.07) is 5.51. The van der Waals surface area contributed by atoms with Gasteiger partial charge in [0.1, 0.15) is 11.5 Å². The van der Waals surface area contributed by atoms with E-state index in [0.29, 0.717) is 34.6 Å². The van der Waals surface area contributed by atoms with Gasteiger partial charge in [-0.1, -0.05) is 0 Å². The first-order valence-electron chi connectivity index (χ1n) is 8.45. The zero-order valence-electron chi connectivity index (χ0n) is 15.4. The monoisotopic (exact) mass is 421 g/mol. The number of benzene rings is 1. The molecule has 0 radical (unpaired) electrons. The van der Waals surface area contributed by atoms with Crippen LogP contribution in [0.15, 0.2) is 23.6 Å². The maximum Gasteiger partial charge on any atom is 0.278 e. The molecule has 3 heterocycles. The number of anilines is 1. The standard InChI is InChI=1S/C18H19N5O3S.ClH/c1-25-10-3-4-15(26-2)11(7-10)14-9-27-18(20-14)21-17(24)16-12-8-19-6-5-13(12)22-23-16;/h3-4,7,9,19H,5-6,8H2,1-2H3,(H,22,23)(H,20,21,24);1H. The Morgan fingerprint density at radius 2 is 2.14 bits per heavy atom. The molecule has 0 saturated carbocycles. The molecule has 0 bridgehead atoms. The summed E-state index contributed by atoms with van der Waals surface area (Å²) in [5.41, 5.74) is 3.85. The molecule has 148 valence electrons. The smallest absolute Gasteiger partial charge is 0.278 e. The summed E-state index contributed by atoms with van der Waals surface area (Å²) in [4.78, 5) is 17.1. The van der Waals surface area contributed by atoms with E-state index in [0.717, 1.165) is 29.8 Å². The minimum atomic E-state index is -0.269. The number of carbonyl (C=O) groups is 1. The van der Waals surface area contributed by atoms with Gasteiger partial charge in [0.15, 0.2) is 10.8 Å². The molecule has 1 aliphatic heterocycles. The maximum absolute atomic E-state index is 12.6. The summed E-state index contributed by atoms with van der Waals surface area (Å²) in [6.07, 6.45) is 0.840. The minimum absolute atomic E-state index is 0. The summed E-state index contributed by atoms with van der Waals surface area (Å²) in [7, 11) is 3.22. The number of aromatic amines is 1. The van der Waals surface area contributed by atoms with Crippen LogP contribution in [0.4, 0.5) is 5.13 Å². The number of aromatic nitrogens is 3. The van der Waals surface area contributed by atoms with Crippen LogP contribution >= 0.6 is 23.7 Å². The normalized spacial score (nSPS) is 12.6. The summed E-state index contributed by atoms with van der Waals surface area (Å²) in [5.74, 6) is 1.13. The SMILES string of the molecule is COc1ccc(OC)c(-c2csc(NC(=O)c3n[nH]c4c3CNCC4)n2)c1.Cl. The van der Waals surface area contributed by atoms with Crippen LogP contribution in [0.2, 0.25) is 0 Å². The number of hydrogen-bond acceptors (Lipinski definition) is 7. The average molecular weight is 422 g/mol. The molecule has 3 aromatic rings. The van der Waals surface area contributed by atoms with Gasteiger partial charge in [0, 0.05) is 41.7 Å². The molecule has 0 fully saturated rings. The number of amides is 1. The van der Waals surface area contributed by atoms with Crippen LogP contribution in [-0.4, -0.2) is 41.9 Å². The Labute approximate surface area is 172 Å². The number of nitrogens with zero attached hydrogens (tertiary/aromatic N) is 2. The predicted octanol–water partition coefficient (Wildman–Crippen LogP) is 2.87. The predicted molar refractivity (Wildman–Crippen MR) is 110 cm³/mol. The fraction of sp³-hybridized carbons (Fsp3) is 0.278. The summed E-state index contributed by atoms with van der Waals surface area (Å²) in [6.45, 7) is 1.52. The molecule has 1 aliphatic rings. The van der Waals surface area contributed by atoms with Crippen molar-refractivity contribution in [2.24, 2.45) is 0 Å². The summed E-state index contributed by atoms with van der Waals surface area (Å²) >= 11 is 1.35. The first-order valence-corrected chi connectivity index (χ1v) is 9.33. The molecule has 28 heavy (non-hydrogen) atoms. The number of ether oxygens (including phenoxy) is 2. The van der Waals surface area contributed by atoms with Crippen molar-refractivity contribution in [2.45, 2.75) is 13.0 Å². The minimum Gasteiger partial charge on any atom is -0.497 e. The van der Waals surface area contributed by atoms with Crippen LogP contribution in [0.25, 0.3) is 11.3 Å². The van der Waals surface area contributed by atoms with Crippen molar-refractivity contribution in [3.05, 3.63) is 40.5 Å². The third-order valence-corrected chi connectivity index (χ3v) is 5.19. The van der Waals surface area contributed by atoms with Gasteiger partial charge in [-0.3, -0.25) is 15.2 Å². The zero-order chi connectivity index (χ0) is 18.8. The van der Waals surface area contributed by atoms with E-state index in [4.69, 9.17) is 9.47 Å². The van der Waals surface area contributed by atoms with E-state index in [-0.39, 0.29) is 18.3 Å². The number of halogens is 1. The highest BCUT2D eigenvalue weighted by Crippen LogP contribution is 2.35. The topological polar surface area (TPSA) is 101 Å². The molecule has 0 unspecified atom stereocenters. The molecule has 1 amide bonds. The largest absolute Gasteiger partial charge is 0.497 e. The molecule has 8 nitrogen and oxygen atoms in total. The van der Waals surface area contributed by atoms with Crippen molar-refractivity contribution in [2.75, 3.05) is 26.1 Å². The molecule has 2 aromatic heterocycles. The molecule has 0 spiro atoms. The fourth-order valence-corrected chi connectivity index (χ4v) is 3.74. The third-order valence-electron chi connectivity index (χ3n) is 4.43. The number of hydrogen-bond donors (Lipinski definition) is 3. The zero-order valence-corrected chi connectivity index (χ0v) is 17.0. The van der Waals surface area contributed by atoms with E-state index in [1.807, 2.05) is 23.6 Å². The van der Waals surface area contributed by atoms with Gasteiger partial charge in [-0.05, 0) is 18.2 Å². The quantitative estimate of drug-likeness (QED) is 0.585. The molecule has 4 rings (SSSR count). The van der Waals surface area contributed by atoms with Crippen LogP contribution in [0.1, 0.15) is 21.7 Å². The highest BCUT2D eigenvalue weighted by molar-refractivity contribution is 7.14.